The molecule has 25 heavy (non-hydrogen) atoms. The largest absolute Gasteiger partial charge is 0.294 e. The van der Waals surface area contributed by atoms with Gasteiger partial charge in [0.05, 0.1) is 10.9 Å². The fraction of sp³-hybridized carbons (Fsp3) is 0.550. The lowest BCUT2D eigenvalue weighted by atomic mass is 9.88. The lowest BCUT2D eigenvalue weighted by Crippen LogP contribution is -2.32. The van der Waals surface area contributed by atoms with E-state index < -0.39 is 0 Å². The normalized spacial score (nSPS) is 18.8. The molecule has 2 rings (SSSR count). The average molecular weight is 362 g/mol. The van der Waals surface area contributed by atoms with Crippen molar-refractivity contribution in [3.8, 4) is 0 Å². The van der Waals surface area contributed by atoms with E-state index in [1.54, 1.807) is 24.3 Å². The maximum absolute atomic E-state index is 12.7. The van der Waals surface area contributed by atoms with Crippen LogP contribution in [0.2, 0.25) is 0 Å². The number of ketones is 1. The maximum atomic E-state index is 12.7. The van der Waals surface area contributed by atoms with Gasteiger partial charge in [0.2, 0.25) is 11.8 Å². The van der Waals surface area contributed by atoms with E-state index in [1.165, 1.54) is 16.7 Å². The van der Waals surface area contributed by atoms with Crippen molar-refractivity contribution in [3.05, 3.63) is 29.8 Å². The van der Waals surface area contributed by atoms with Crippen molar-refractivity contribution in [1.29, 1.82) is 0 Å². The molecular formula is C20H27NO3S. The van der Waals surface area contributed by atoms with Crippen LogP contribution in [-0.2, 0) is 9.59 Å². The number of hydrogen-bond donors (Lipinski definition) is 0. The predicted octanol–water partition coefficient (Wildman–Crippen LogP) is 4.47. The van der Waals surface area contributed by atoms with E-state index in [0.29, 0.717) is 17.7 Å². The molecule has 1 unspecified atom stereocenters. The smallest absolute Gasteiger partial charge is 0.247 e. The first-order valence-corrected chi connectivity index (χ1v) is 9.43. The SMILES string of the molecule is CC(C)(C)CC(=O)c1cccc(N2C(=O)CC(SC(C)(C)C)C2=O)c1. The number of amides is 2. The van der Waals surface area contributed by atoms with Gasteiger partial charge < -0.3 is 0 Å². The molecule has 0 bridgehead atoms. The zero-order chi connectivity index (χ0) is 19.0. The number of benzene rings is 1. The number of nitrogens with zero attached hydrogens (tertiary/aromatic N) is 1. The Hall–Kier alpha value is -1.62. The summed E-state index contributed by atoms with van der Waals surface area (Å²) in [5, 5.41) is -0.360. The van der Waals surface area contributed by atoms with Gasteiger partial charge >= 0.3 is 0 Å². The standard InChI is InChI=1S/C20H27NO3S/c1-19(2,3)12-15(22)13-8-7-9-14(10-13)21-17(23)11-16(18(21)24)25-20(4,5)6/h7-10,16H,11-12H2,1-6H3. The van der Waals surface area contributed by atoms with Crippen molar-refractivity contribution in [2.45, 2.75) is 64.4 Å². The van der Waals surface area contributed by atoms with Gasteiger partial charge in [0.15, 0.2) is 5.78 Å². The third kappa shape index (κ3) is 5.18. The number of rotatable bonds is 4. The van der Waals surface area contributed by atoms with Gasteiger partial charge in [-0.25, -0.2) is 4.90 Å². The van der Waals surface area contributed by atoms with Crippen LogP contribution in [0.5, 0.6) is 0 Å². The summed E-state index contributed by atoms with van der Waals surface area (Å²) in [6, 6.07) is 6.85. The van der Waals surface area contributed by atoms with Gasteiger partial charge in [0, 0.05) is 23.2 Å². The van der Waals surface area contributed by atoms with Crippen LogP contribution in [-0.4, -0.2) is 27.6 Å². The number of Topliss-reactive ketones (excluding diaryl/α,β-unsaturated/α-hetero) is 1. The minimum Gasteiger partial charge on any atom is -0.294 e. The van der Waals surface area contributed by atoms with Crippen molar-refractivity contribution >= 4 is 35.0 Å². The number of anilines is 1. The molecule has 1 heterocycles. The van der Waals surface area contributed by atoms with Gasteiger partial charge in [-0.1, -0.05) is 53.7 Å². The van der Waals surface area contributed by atoms with Crippen LogP contribution in [0.3, 0.4) is 0 Å². The summed E-state index contributed by atoms with van der Waals surface area (Å²) in [7, 11) is 0. The van der Waals surface area contributed by atoms with E-state index in [9.17, 15) is 14.4 Å². The van der Waals surface area contributed by atoms with Gasteiger partial charge in [0.1, 0.15) is 0 Å². The molecule has 5 heteroatoms. The van der Waals surface area contributed by atoms with Crippen molar-refractivity contribution in [2.24, 2.45) is 5.41 Å². The molecule has 1 aromatic rings. The number of carbonyl (C=O) groups excluding carboxylic acids is 3. The zero-order valence-electron chi connectivity index (χ0n) is 15.9. The van der Waals surface area contributed by atoms with E-state index in [1.807, 2.05) is 41.5 Å². The molecule has 4 nitrogen and oxygen atoms in total. The number of thioether (sulfide) groups is 1. The molecule has 2 amide bonds. The van der Waals surface area contributed by atoms with Gasteiger partial charge in [-0.3, -0.25) is 14.4 Å². The molecule has 1 saturated heterocycles. The Kier molecular flexibility index (Phi) is 5.47. The predicted molar refractivity (Wildman–Crippen MR) is 103 cm³/mol. The molecule has 1 atom stereocenters. The number of carbonyl (C=O) groups is 3. The Morgan fingerprint density at radius 2 is 1.80 bits per heavy atom. The molecule has 136 valence electrons. The van der Waals surface area contributed by atoms with E-state index in [0.717, 1.165) is 0 Å². The third-order valence-corrected chi connectivity index (χ3v) is 5.08. The number of hydrogen-bond acceptors (Lipinski definition) is 4. The Morgan fingerprint density at radius 1 is 1.16 bits per heavy atom. The summed E-state index contributed by atoms with van der Waals surface area (Å²) in [5.41, 5.74) is 0.924. The van der Waals surface area contributed by atoms with Crippen molar-refractivity contribution in [1.82, 2.24) is 0 Å². The second kappa shape index (κ2) is 6.94. The van der Waals surface area contributed by atoms with Gasteiger partial charge in [-0.15, -0.1) is 11.8 Å². The first kappa shape index (κ1) is 19.7. The highest BCUT2D eigenvalue weighted by Crippen LogP contribution is 2.36. The molecular weight excluding hydrogens is 334 g/mol. The highest BCUT2D eigenvalue weighted by atomic mass is 32.2. The highest BCUT2D eigenvalue weighted by Gasteiger charge is 2.41. The fourth-order valence-corrected chi connectivity index (χ4v) is 4.08. The summed E-state index contributed by atoms with van der Waals surface area (Å²) in [4.78, 5) is 38.8. The third-order valence-electron chi connectivity index (χ3n) is 3.72. The van der Waals surface area contributed by atoms with Crippen molar-refractivity contribution in [3.63, 3.8) is 0 Å². The molecule has 1 fully saturated rings. The molecule has 0 aliphatic carbocycles. The number of imide groups is 1. The van der Waals surface area contributed by atoms with E-state index in [-0.39, 0.29) is 39.4 Å². The average Bonchev–Trinajstić information content (AvgIpc) is 2.69. The van der Waals surface area contributed by atoms with Crippen molar-refractivity contribution in [2.75, 3.05) is 4.90 Å². The minimum absolute atomic E-state index is 0.0223. The van der Waals surface area contributed by atoms with Crippen molar-refractivity contribution < 1.29 is 14.4 Å². The van der Waals surface area contributed by atoms with Crippen LogP contribution < -0.4 is 4.90 Å². The lowest BCUT2D eigenvalue weighted by molar-refractivity contribution is -0.121. The Bertz CT molecular complexity index is 698. The summed E-state index contributed by atoms with van der Waals surface area (Å²) >= 11 is 1.51. The van der Waals surface area contributed by atoms with Crippen LogP contribution in [0, 0.1) is 5.41 Å². The quantitative estimate of drug-likeness (QED) is 0.586. The Morgan fingerprint density at radius 3 is 2.36 bits per heavy atom. The fourth-order valence-electron chi connectivity index (χ4n) is 2.80. The van der Waals surface area contributed by atoms with E-state index >= 15 is 0 Å². The van der Waals surface area contributed by atoms with Gasteiger partial charge in [-0.2, -0.15) is 0 Å². The first-order chi connectivity index (χ1) is 11.4. The summed E-state index contributed by atoms with van der Waals surface area (Å²) in [6.45, 7) is 12.1. The summed E-state index contributed by atoms with van der Waals surface area (Å²) in [6.07, 6.45) is 0.627. The molecule has 1 aliphatic heterocycles. The van der Waals surface area contributed by atoms with Crippen LogP contribution in [0.1, 0.15) is 64.7 Å². The molecule has 0 N–H and O–H groups in total. The summed E-state index contributed by atoms with van der Waals surface area (Å²) < 4.78 is -0.0961. The second-order valence-electron chi connectivity index (χ2n) is 8.70. The second-order valence-corrected chi connectivity index (χ2v) is 10.7. The van der Waals surface area contributed by atoms with E-state index in [2.05, 4.69) is 0 Å². The highest BCUT2D eigenvalue weighted by molar-refractivity contribution is 8.02. The Balaban J connectivity index is 2.24. The Labute approximate surface area is 154 Å². The topological polar surface area (TPSA) is 54.5 Å². The molecule has 1 aliphatic rings. The minimum atomic E-state index is -0.360. The zero-order valence-corrected chi connectivity index (χ0v) is 16.7. The monoisotopic (exact) mass is 361 g/mol. The molecule has 0 aromatic heterocycles. The van der Waals surface area contributed by atoms with E-state index in [4.69, 9.17) is 0 Å². The lowest BCUT2D eigenvalue weighted by Gasteiger charge is -2.22. The molecule has 0 radical (unpaired) electrons. The summed E-state index contributed by atoms with van der Waals surface area (Å²) in [5.74, 6) is -0.369. The van der Waals surface area contributed by atoms with Crippen LogP contribution in [0.25, 0.3) is 0 Å². The maximum Gasteiger partial charge on any atom is 0.247 e. The van der Waals surface area contributed by atoms with Crippen LogP contribution >= 0.6 is 11.8 Å². The van der Waals surface area contributed by atoms with Crippen LogP contribution in [0.15, 0.2) is 24.3 Å². The first-order valence-electron chi connectivity index (χ1n) is 8.55. The van der Waals surface area contributed by atoms with Gasteiger partial charge in [-0.05, 0) is 17.5 Å². The molecule has 0 spiro atoms. The molecule has 0 saturated carbocycles. The van der Waals surface area contributed by atoms with Crippen LogP contribution in [0.4, 0.5) is 5.69 Å². The molecule has 1 aromatic carbocycles. The van der Waals surface area contributed by atoms with Gasteiger partial charge in [0.25, 0.3) is 0 Å².